The van der Waals surface area contributed by atoms with Crippen molar-refractivity contribution in [1.82, 2.24) is 4.98 Å². The number of rotatable bonds is 5. The van der Waals surface area contributed by atoms with Gasteiger partial charge in [0.2, 0.25) is 6.35 Å². The molecule has 2 N–H and O–H groups in total. The molecule has 6 rings (SSSR count). The van der Waals surface area contributed by atoms with E-state index in [9.17, 15) is 0 Å². The molecule has 0 radical (unpaired) electrons. The second-order valence-electron chi connectivity index (χ2n) is 9.55. The van der Waals surface area contributed by atoms with Crippen molar-refractivity contribution in [3.8, 4) is 17.0 Å². The number of fused-ring (bicyclic) bond motifs is 1. The highest BCUT2D eigenvalue weighted by Crippen LogP contribution is 2.37. The molecule has 2 aromatic carbocycles. The number of nitrogens with zero attached hydrogens (tertiary/aromatic N) is 2. The topological polar surface area (TPSA) is 58.7 Å². The third-order valence-corrected chi connectivity index (χ3v) is 7.55. The third kappa shape index (κ3) is 4.91. The van der Waals surface area contributed by atoms with Gasteiger partial charge >= 0.3 is 0 Å². The number of ether oxygens (including phenoxy) is 2. The van der Waals surface area contributed by atoms with Gasteiger partial charge in [0.05, 0.1) is 29.6 Å². The van der Waals surface area contributed by atoms with Crippen LogP contribution in [0.1, 0.15) is 43.6 Å². The Morgan fingerprint density at radius 2 is 1.66 bits per heavy atom. The van der Waals surface area contributed by atoms with Crippen LogP contribution in [0.4, 0.5) is 17.2 Å². The Morgan fingerprint density at radius 1 is 0.914 bits per heavy atom. The first-order chi connectivity index (χ1) is 17.2. The van der Waals surface area contributed by atoms with E-state index in [1.165, 1.54) is 43.4 Å². The second kappa shape index (κ2) is 9.96. The quantitative estimate of drug-likeness (QED) is 0.426. The zero-order valence-corrected chi connectivity index (χ0v) is 20.6. The average Bonchev–Trinajstić information content (AvgIpc) is 3.30. The van der Waals surface area contributed by atoms with E-state index in [4.69, 9.17) is 26.1 Å². The summed E-state index contributed by atoms with van der Waals surface area (Å²) in [5.74, 6) is 2.26. The summed E-state index contributed by atoms with van der Waals surface area (Å²) >= 11 is 6.63. The van der Waals surface area contributed by atoms with E-state index in [0.717, 1.165) is 54.8 Å². The predicted molar refractivity (Wildman–Crippen MR) is 142 cm³/mol. The van der Waals surface area contributed by atoms with Crippen molar-refractivity contribution >= 4 is 28.8 Å². The smallest absolute Gasteiger partial charge is 0.249 e. The first kappa shape index (κ1) is 22.5. The Hall–Kier alpha value is -2.96. The van der Waals surface area contributed by atoms with Gasteiger partial charge in [-0.05, 0) is 54.7 Å². The Labute approximate surface area is 211 Å². The van der Waals surface area contributed by atoms with Crippen LogP contribution >= 0.6 is 11.6 Å². The van der Waals surface area contributed by atoms with Crippen molar-refractivity contribution in [1.29, 1.82) is 0 Å². The van der Waals surface area contributed by atoms with Crippen LogP contribution in [0, 0.1) is 0 Å². The molecule has 3 aromatic rings. The molecule has 1 atom stereocenters. The fourth-order valence-electron chi connectivity index (χ4n) is 5.31. The molecule has 0 amide bonds. The number of aromatic nitrogens is 1. The molecule has 1 aromatic heterocycles. The van der Waals surface area contributed by atoms with Crippen LogP contribution < -0.4 is 20.3 Å². The lowest BCUT2D eigenvalue weighted by Crippen LogP contribution is -2.36. The minimum absolute atomic E-state index is 0.395. The minimum atomic E-state index is -0.395. The van der Waals surface area contributed by atoms with Crippen molar-refractivity contribution in [2.75, 3.05) is 41.8 Å². The summed E-state index contributed by atoms with van der Waals surface area (Å²) in [6, 6.07) is 18.9. The number of halogens is 1. The minimum Gasteiger partial charge on any atom is -0.452 e. The summed E-state index contributed by atoms with van der Waals surface area (Å²) in [5.41, 5.74) is 5.19. The fraction of sp³-hybridized carbons (Fsp3) is 0.393. The Kier molecular flexibility index (Phi) is 6.40. The number of benzene rings is 2. The molecule has 0 bridgehead atoms. The van der Waals surface area contributed by atoms with Gasteiger partial charge in [0.15, 0.2) is 5.82 Å². The van der Waals surface area contributed by atoms with Gasteiger partial charge in [0.25, 0.3) is 0 Å². The van der Waals surface area contributed by atoms with Crippen molar-refractivity contribution in [3.63, 3.8) is 0 Å². The molecule has 6 nitrogen and oxygen atoms in total. The predicted octanol–water partition coefficient (Wildman–Crippen LogP) is 6.49. The Morgan fingerprint density at radius 3 is 2.40 bits per heavy atom. The van der Waals surface area contributed by atoms with Crippen LogP contribution in [-0.4, -0.2) is 37.6 Å². The van der Waals surface area contributed by atoms with E-state index >= 15 is 0 Å². The Bertz CT molecular complexity index is 1160. The summed E-state index contributed by atoms with van der Waals surface area (Å²) in [6.45, 7) is 3.37. The van der Waals surface area contributed by atoms with Crippen LogP contribution in [-0.2, 0) is 4.74 Å². The lowest BCUT2D eigenvalue weighted by atomic mass is 9.84. The second-order valence-corrected chi connectivity index (χ2v) is 9.96. The van der Waals surface area contributed by atoms with E-state index in [2.05, 4.69) is 64.1 Å². The molecule has 7 heteroatoms. The normalized spacial score (nSPS) is 20.1. The molecule has 3 aliphatic rings. The molecule has 1 aliphatic carbocycles. The number of hydrogen-bond acceptors (Lipinski definition) is 6. The SMILES string of the molecule is Clc1cc2c(nc1-c1ccc(N3CCOCC3)cc1)NC(Oc1ccc(C3CCCCC3)cc1)N2. The molecular formula is C28H31ClN4O2. The highest BCUT2D eigenvalue weighted by molar-refractivity contribution is 6.33. The van der Waals surface area contributed by atoms with E-state index < -0.39 is 6.35 Å². The summed E-state index contributed by atoms with van der Waals surface area (Å²) in [6.07, 6.45) is 6.25. The lowest BCUT2D eigenvalue weighted by Gasteiger charge is -2.28. The van der Waals surface area contributed by atoms with Crippen LogP contribution in [0.2, 0.25) is 5.02 Å². The molecule has 182 valence electrons. The Balaban J connectivity index is 1.13. The van der Waals surface area contributed by atoms with E-state index in [1.54, 1.807) is 0 Å². The van der Waals surface area contributed by atoms with Crippen molar-refractivity contribution in [3.05, 3.63) is 65.2 Å². The zero-order valence-electron chi connectivity index (χ0n) is 19.8. The molecule has 0 spiro atoms. The molecule has 1 unspecified atom stereocenters. The third-order valence-electron chi connectivity index (χ3n) is 7.26. The largest absolute Gasteiger partial charge is 0.452 e. The van der Waals surface area contributed by atoms with Crippen LogP contribution in [0.25, 0.3) is 11.3 Å². The van der Waals surface area contributed by atoms with Gasteiger partial charge < -0.3 is 25.0 Å². The first-order valence-electron chi connectivity index (χ1n) is 12.7. The molecular weight excluding hydrogens is 460 g/mol. The molecule has 2 aliphatic heterocycles. The molecule has 3 heterocycles. The van der Waals surface area contributed by atoms with E-state index in [0.29, 0.717) is 10.9 Å². The van der Waals surface area contributed by atoms with Crippen molar-refractivity contribution in [2.24, 2.45) is 0 Å². The maximum absolute atomic E-state index is 6.63. The zero-order chi connectivity index (χ0) is 23.6. The molecule has 35 heavy (non-hydrogen) atoms. The van der Waals surface area contributed by atoms with Crippen LogP contribution in [0.15, 0.2) is 54.6 Å². The average molecular weight is 491 g/mol. The lowest BCUT2D eigenvalue weighted by molar-refractivity contribution is 0.122. The highest BCUT2D eigenvalue weighted by atomic mass is 35.5. The van der Waals surface area contributed by atoms with Gasteiger partial charge in [0, 0.05) is 24.3 Å². The first-order valence-corrected chi connectivity index (χ1v) is 13.0. The van der Waals surface area contributed by atoms with Gasteiger partial charge in [0.1, 0.15) is 5.75 Å². The van der Waals surface area contributed by atoms with Gasteiger partial charge in [-0.2, -0.15) is 0 Å². The molecule has 1 saturated heterocycles. The van der Waals surface area contributed by atoms with Crippen LogP contribution in [0.5, 0.6) is 5.75 Å². The monoisotopic (exact) mass is 490 g/mol. The van der Waals surface area contributed by atoms with Gasteiger partial charge in [-0.3, -0.25) is 0 Å². The number of pyridine rings is 1. The highest BCUT2D eigenvalue weighted by Gasteiger charge is 2.25. The van der Waals surface area contributed by atoms with Gasteiger partial charge in [-0.15, -0.1) is 0 Å². The van der Waals surface area contributed by atoms with Crippen molar-refractivity contribution in [2.45, 2.75) is 44.4 Å². The standard InChI is InChI=1S/C28H31ClN4O2/c29-24-18-25-27(31-26(24)21-6-10-22(11-7-21)33-14-16-34-17-15-33)32-28(30-25)35-23-12-8-20(9-13-23)19-4-2-1-3-5-19/h6-13,18-19,28,30H,1-5,14-17H2,(H,31,32). The van der Waals surface area contributed by atoms with Crippen molar-refractivity contribution < 1.29 is 9.47 Å². The number of hydrogen-bond donors (Lipinski definition) is 2. The maximum atomic E-state index is 6.63. The number of anilines is 3. The summed E-state index contributed by atoms with van der Waals surface area (Å²) in [5, 5.41) is 7.28. The van der Waals surface area contributed by atoms with E-state index in [1.807, 2.05) is 6.07 Å². The van der Waals surface area contributed by atoms with Gasteiger partial charge in [-0.25, -0.2) is 4.98 Å². The number of nitrogens with one attached hydrogen (secondary N) is 2. The van der Waals surface area contributed by atoms with E-state index in [-0.39, 0.29) is 0 Å². The summed E-state index contributed by atoms with van der Waals surface area (Å²) < 4.78 is 11.6. The summed E-state index contributed by atoms with van der Waals surface area (Å²) in [7, 11) is 0. The summed E-state index contributed by atoms with van der Waals surface area (Å²) in [4.78, 5) is 7.15. The maximum Gasteiger partial charge on any atom is 0.249 e. The van der Waals surface area contributed by atoms with Crippen LogP contribution in [0.3, 0.4) is 0 Å². The number of morpholine rings is 1. The molecule has 2 fully saturated rings. The molecule has 1 saturated carbocycles. The fourth-order valence-corrected chi connectivity index (χ4v) is 5.57. The van der Waals surface area contributed by atoms with Gasteiger partial charge in [-0.1, -0.05) is 55.1 Å².